The zero-order valence-corrected chi connectivity index (χ0v) is 18.9. The van der Waals surface area contributed by atoms with Gasteiger partial charge in [0.05, 0.1) is 0 Å². The Morgan fingerprint density at radius 2 is 1.87 bits per heavy atom. The zero-order chi connectivity index (χ0) is 20.8. The van der Waals surface area contributed by atoms with Gasteiger partial charge in [-0.05, 0) is 97.6 Å². The predicted molar refractivity (Wildman–Crippen MR) is 118 cm³/mol. The van der Waals surface area contributed by atoms with E-state index in [1.54, 1.807) is 0 Å². The van der Waals surface area contributed by atoms with Crippen molar-refractivity contribution in [3.05, 3.63) is 29.3 Å². The van der Waals surface area contributed by atoms with Crippen LogP contribution in [0.3, 0.4) is 0 Å². The molecule has 162 valence electrons. The molecule has 3 saturated carbocycles. The third kappa shape index (κ3) is 2.41. The molecule has 5 unspecified atom stereocenters. The Balaban J connectivity index is 1.35. The van der Waals surface area contributed by atoms with E-state index in [-0.39, 0.29) is 22.8 Å². The Morgan fingerprint density at radius 1 is 1.07 bits per heavy atom. The maximum Gasteiger partial charge on any atom is 0.226 e. The van der Waals surface area contributed by atoms with Crippen molar-refractivity contribution in [2.24, 2.45) is 35.0 Å². The minimum atomic E-state index is 0.00173. The van der Waals surface area contributed by atoms with Gasteiger partial charge in [0.1, 0.15) is 5.75 Å². The fourth-order valence-corrected chi connectivity index (χ4v) is 8.80. The highest BCUT2D eigenvalue weighted by Gasteiger charge is 2.58. The smallest absolute Gasteiger partial charge is 0.226 e. The van der Waals surface area contributed by atoms with Gasteiger partial charge in [-0.3, -0.25) is 4.79 Å². The third-order valence-electron chi connectivity index (χ3n) is 10.8. The molecule has 1 aromatic rings. The van der Waals surface area contributed by atoms with Crippen LogP contribution in [0, 0.1) is 35.0 Å². The van der Waals surface area contributed by atoms with Crippen molar-refractivity contribution in [2.45, 2.75) is 83.6 Å². The number of aromatic hydroxyl groups is 1. The van der Waals surface area contributed by atoms with Crippen molar-refractivity contribution in [1.82, 2.24) is 4.90 Å². The number of benzene rings is 1. The van der Waals surface area contributed by atoms with E-state index < -0.39 is 0 Å². The fourth-order valence-electron chi connectivity index (χ4n) is 8.80. The second-order valence-corrected chi connectivity index (χ2v) is 12.1. The van der Waals surface area contributed by atoms with Gasteiger partial charge in [-0.1, -0.05) is 32.9 Å². The van der Waals surface area contributed by atoms with Crippen LogP contribution in [0.5, 0.6) is 5.75 Å². The summed E-state index contributed by atoms with van der Waals surface area (Å²) in [6.45, 7) is 7.97. The highest BCUT2D eigenvalue weighted by molar-refractivity contribution is 5.80. The van der Waals surface area contributed by atoms with Gasteiger partial charge in [-0.15, -0.1) is 0 Å². The number of fused-ring (bicyclic) bond motifs is 6. The monoisotopic (exact) mass is 407 g/mol. The quantitative estimate of drug-likeness (QED) is 0.687. The van der Waals surface area contributed by atoms with Gasteiger partial charge in [-0.25, -0.2) is 0 Å². The summed E-state index contributed by atoms with van der Waals surface area (Å²) in [5.74, 6) is 4.34. The second kappa shape index (κ2) is 6.26. The average molecular weight is 408 g/mol. The molecular formula is C27H37NO2. The minimum Gasteiger partial charge on any atom is -0.508 e. The molecule has 5 bridgehead atoms. The van der Waals surface area contributed by atoms with E-state index in [4.69, 9.17) is 0 Å². The largest absolute Gasteiger partial charge is 0.508 e. The van der Waals surface area contributed by atoms with Crippen molar-refractivity contribution in [3.8, 4) is 5.75 Å². The number of likely N-dealkylation sites (tertiary alicyclic amines) is 1. The summed E-state index contributed by atoms with van der Waals surface area (Å²) in [4.78, 5) is 16.4. The lowest BCUT2D eigenvalue weighted by atomic mass is 9.51. The summed E-state index contributed by atoms with van der Waals surface area (Å²) in [6.07, 6.45) is 9.68. The molecule has 1 aromatic carbocycles. The van der Waals surface area contributed by atoms with Gasteiger partial charge in [0.15, 0.2) is 0 Å². The molecule has 7 atom stereocenters. The topological polar surface area (TPSA) is 40.5 Å². The first-order valence-electron chi connectivity index (χ1n) is 12.4. The van der Waals surface area contributed by atoms with Crippen LogP contribution in [0.25, 0.3) is 0 Å². The summed E-state index contributed by atoms with van der Waals surface area (Å²) >= 11 is 0. The van der Waals surface area contributed by atoms with Crippen molar-refractivity contribution in [2.75, 3.05) is 6.54 Å². The summed E-state index contributed by atoms with van der Waals surface area (Å²) in [7, 11) is 0. The summed E-state index contributed by atoms with van der Waals surface area (Å²) in [5, 5.41) is 10.7. The molecule has 1 aliphatic heterocycles. The Bertz CT molecular complexity index is 891. The molecule has 1 saturated heterocycles. The molecule has 0 spiro atoms. The van der Waals surface area contributed by atoms with Crippen LogP contribution in [-0.4, -0.2) is 28.5 Å². The lowest BCUT2D eigenvalue weighted by Crippen LogP contribution is -2.65. The molecule has 4 aliphatic carbocycles. The van der Waals surface area contributed by atoms with E-state index in [9.17, 15) is 9.90 Å². The number of piperidine rings is 1. The molecule has 1 N–H and O–H groups in total. The second-order valence-electron chi connectivity index (χ2n) is 12.1. The molecule has 3 heteroatoms. The molecule has 1 amide bonds. The highest BCUT2D eigenvalue weighted by Crippen LogP contribution is 2.59. The lowest BCUT2D eigenvalue weighted by molar-refractivity contribution is -0.150. The van der Waals surface area contributed by atoms with Gasteiger partial charge >= 0.3 is 0 Å². The summed E-state index contributed by atoms with van der Waals surface area (Å²) in [5.41, 5.74) is 2.40. The van der Waals surface area contributed by atoms with Crippen LogP contribution in [0.1, 0.15) is 76.8 Å². The van der Waals surface area contributed by atoms with Gasteiger partial charge in [0, 0.05) is 23.9 Å². The fraction of sp³-hybridized carbons (Fsp3) is 0.741. The number of nitrogens with zero attached hydrogens (tertiary/aromatic N) is 1. The number of hydrogen-bond donors (Lipinski definition) is 1. The Morgan fingerprint density at radius 3 is 2.70 bits per heavy atom. The van der Waals surface area contributed by atoms with Gasteiger partial charge in [-0.2, -0.15) is 0 Å². The number of carbonyl (C=O) groups is 1. The Labute approximate surface area is 181 Å². The summed E-state index contributed by atoms with van der Waals surface area (Å²) < 4.78 is 0. The molecule has 5 aliphatic rings. The van der Waals surface area contributed by atoms with Crippen LogP contribution in [-0.2, 0) is 16.6 Å². The third-order valence-corrected chi connectivity index (χ3v) is 10.8. The number of phenols is 1. The lowest BCUT2D eigenvalue weighted by Gasteiger charge is -2.61. The maximum absolute atomic E-state index is 14.1. The maximum atomic E-state index is 14.1. The minimum absolute atomic E-state index is 0.00173. The highest BCUT2D eigenvalue weighted by atomic mass is 16.3. The number of phenolic OH excluding ortho intramolecular Hbond substituents is 1. The molecule has 0 aromatic heterocycles. The van der Waals surface area contributed by atoms with E-state index >= 15 is 0 Å². The SMILES string of the molecule is CC1(C)[C@H]2Cc3c(O)cccc3[C@]1(C)CCN2C(=O)C1CCC2CC3CC(C2)C1C3. The van der Waals surface area contributed by atoms with Crippen molar-refractivity contribution < 1.29 is 9.90 Å². The predicted octanol–water partition coefficient (Wildman–Crippen LogP) is 5.30. The standard InChI is InChI=1S/C27H37NO2/c1-26(2)24-15-21-22(5-4-6-23(21)29)27(26,3)9-10-28(24)25(30)19-8-7-16-11-17-13-18(12-16)20(19)14-17/h4-6,16-20,24,29H,7-15H2,1-3H3/t16?,17?,18?,19?,20?,24-,27+/m1/s1. The molecule has 3 nitrogen and oxygen atoms in total. The van der Waals surface area contributed by atoms with E-state index in [1.807, 2.05) is 12.1 Å². The van der Waals surface area contributed by atoms with E-state index in [0.29, 0.717) is 17.6 Å². The van der Waals surface area contributed by atoms with Crippen molar-refractivity contribution in [3.63, 3.8) is 0 Å². The first kappa shape index (κ1) is 19.2. The van der Waals surface area contributed by atoms with Crippen LogP contribution >= 0.6 is 0 Å². The number of amides is 1. The molecular weight excluding hydrogens is 370 g/mol. The van der Waals surface area contributed by atoms with Crippen LogP contribution in [0.15, 0.2) is 18.2 Å². The van der Waals surface area contributed by atoms with Gasteiger partial charge in [0.25, 0.3) is 0 Å². The van der Waals surface area contributed by atoms with E-state index in [2.05, 4.69) is 31.7 Å². The van der Waals surface area contributed by atoms with Gasteiger partial charge < -0.3 is 10.0 Å². The van der Waals surface area contributed by atoms with Crippen molar-refractivity contribution >= 4 is 5.91 Å². The van der Waals surface area contributed by atoms with Crippen LogP contribution in [0.4, 0.5) is 0 Å². The Kier molecular flexibility index (Phi) is 4.01. The summed E-state index contributed by atoms with van der Waals surface area (Å²) in [6, 6.07) is 6.21. The molecule has 6 rings (SSSR count). The Hall–Kier alpha value is -1.51. The van der Waals surface area contributed by atoms with E-state index in [1.165, 1.54) is 37.7 Å². The zero-order valence-electron chi connectivity index (χ0n) is 18.9. The first-order chi connectivity index (χ1) is 14.3. The van der Waals surface area contributed by atoms with Crippen molar-refractivity contribution in [1.29, 1.82) is 0 Å². The van der Waals surface area contributed by atoms with Crippen LogP contribution in [0.2, 0.25) is 0 Å². The molecule has 4 fully saturated rings. The molecule has 0 radical (unpaired) electrons. The number of rotatable bonds is 1. The molecule has 1 heterocycles. The number of hydrogen-bond acceptors (Lipinski definition) is 2. The molecule has 30 heavy (non-hydrogen) atoms. The number of carbonyl (C=O) groups excluding carboxylic acids is 1. The average Bonchev–Trinajstić information content (AvgIpc) is 2.92. The van der Waals surface area contributed by atoms with Gasteiger partial charge in [0.2, 0.25) is 5.91 Å². The first-order valence-corrected chi connectivity index (χ1v) is 12.4. The van der Waals surface area contributed by atoms with Crippen LogP contribution < -0.4 is 0 Å². The van der Waals surface area contributed by atoms with E-state index in [0.717, 1.165) is 49.1 Å². The normalized spacial score (nSPS) is 43.2.